The van der Waals surface area contributed by atoms with Crippen LogP contribution in [0.3, 0.4) is 0 Å². The van der Waals surface area contributed by atoms with Crippen molar-refractivity contribution in [3.05, 3.63) is 23.9 Å². The molecular weight excluding hydrogens is 140 g/mol. The molecule has 1 aromatic rings. The molecular formula is C8H12N2O. The number of aryl methyl sites for hydroxylation is 1. The fourth-order valence-electron chi connectivity index (χ4n) is 0.825. The predicted molar refractivity (Wildman–Crippen MR) is 44.5 cm³/mol. The number of pyridine rings is 1. The lowest BCUT2D eigenvalue weighted by Crippen LogP contribution is -2.06. The minimum absolute atomic E-state index is 0.135. The van der Waals surface area contributed by atoms with E-state index in [1.54, 1.807) is 0 Å². The van der Waals surface area contributed by atoms with Crippen LogP contribution in [-0.2, 0) is 0 Å². The first-order chi connectivity index (χ1) is 5.33. The standard InChI is InChI=1S/C8H12N2O/c1-7-3-2-4-8(10-7)9-5-6-11/h2-4,11H,5-6H2,1H3,(H,9,10). The second-order valence-corrected chi connectivity index (χ2v) is 2.31. The summed E-state index contributed by atoms with van der Waals surface area (Å²) < 4.78 is 0. The predicted octanol–water partition coefficient (Wildman–Crippen LogP) is 0.794. The molecule has 0 aliphatic rings. The Bertz CT molecular complexity index is 225. The second kappa shape index (κ2) is 3.93. The fourth-order valence-corrected chi connectivity index (χ4v) is 0.825. The number of aliphatic hydroxyl groups excluding tert-OH is 1. The van der Waals surface area contributed by atoms with Gasteiger partial charge in [-0.15, -0.1) is 0 Å². The van der Waals surface area contributed by atoms with Crippen molar-refractivity contribution in [2.75, 3.05) is 18.5 Å². The van der Waals surface area contributed by atoms with Gasteiger partial charge in [0, 0.05) is 12.2 Å². The van der Waals surface area contributed by atoms with E-state index in [0.29, 0.717) is 6.54 Å². The lowest BCUT2D eigenvalue weighted by atomic mass is 10.4. The van der Waals surface area contributed by atoms with E-state index in [4.69, 9.17) is 5.11 Å². The van der Waals surface area contributed by atoms with Gasteiger partial charge in [-0.25, -0.2) is 4.98 Å². The van der Waals surface area contributed by atoms with Crippen molar-refractivity contribution in [1.29, 1.82) is 0 Å². The average Bonchev–Trinajstić information content (AvgIpc) is 2.01. The number of hydrogen-bond donors (Lipinski definition) is 2. The normalized spacial score (nSPS) is 9.64. The maximum absolute atomic E-state index is 8.51. The van der Waals surface area contributed by atoms with Gasteiger partial charge in [0.25, 0.3) is 0 Å². The number of nitrogens with zero attached hydrogens (tertiary/aromatic N) is 1. The first-order valence-electron chi connectivity index (χ1n) is 3.61. The molecule has 60 valence electrons. The topological polar surface area (TPSA) is 45.1 Å². The van der Waals surface area contributed by atoms with E-state index in [9.17, 15) is 0 Å². The van der Waals surface area contributed by atoms with E-state index in [0.717, 1.165) is 11.5 Å². The Morgan fingerprint density at radius 1 is 1.55 bits per heavy atom. The SMILES string of the molecule is Cc1cccc(NCCO)n1. The molecule has 1 rings (SSSR count). The molecule has 11 heavy (non-hydrogen) atoms. The van der Waals surface area contributed by atoms with E-state index in [1.165, 1.54) is 0 Å². The van der Waals surface area contributed by atoms with Crippen LogP contribution in [0, 0.1) is 6.92 Å². The van der Waals surface area contributed by atoms with Gasteiger partial charge in [-0.05, 0) is 19.1 Å². The molecule has 3 heteroatoms. The van der Waals surface area contributed by atoms with Crippen LogP contribution in [0.5, 0.6) is 0 Å². The Balaban J connectivity index is 2.56. The molecule has 0 bridgehead atoms. The molecule has 0 spiro atoms. The maximum Gasteiger partial charge on any atom is 0.126 e. The molecule has 0 amide bonds. The van der Waals surface area contributed by atoms with Crippen LogP contribution in [0.1, 0.15) is 5.69 Å². The van der Waals surface area contributed by atoms with E-state index < -0.39 is 0 Å². The van der Waals surface area contributed by atoms with Gasteiger partial charge in [0.1, 0.15) is 5.82 Å². The number of aliphatic hydroxyl groups is 1. The quantitative estimate of drug-likeness (QED) is 0.673. The van der Waals surface area contributed by atoms with Crippen LogP contribution < -0.4 is 5.32 Å². The van der Waals surface area contributed by atoms with Crippen LogP contribution in [0.25, 0.3) is 0 Å². The van der Waals surface area contributed by atoms with E-state index in [1.807, 2.05) is 25.1 Å². The largest absolute Gasteiger partial charge is 0.395 e. The van der Waals surface area contributed by atoms with Crippen LogP contribution in [0.2, 0.25) is 0 Å². The molecule has 0 aliphatic carbocycles. The lowest BCUT2D eigenvalue weighted by molar-refractivity contribution is 0.311. The second-order valence-electron chi connectivity index (χ2n) is 2.31. The van der Waals surface area contributed by atoms with Crippen molar-refractivity contribution < 1.29 is 5.11 Å². The summed E-state index contributed by atoms with van der Waals surface area (Å²) in [7, 11) is 0. The molecule has 2 N–H and O–H groups in total. The number of anilines is 1. The first kappa shape index (κ1) is 8.01. The highest BCUT2D eigenvalue weighted by molar-refractivity contribution is 5.34. The summed E-state index contributed by atoms with van der Waals surface area (Å²) in [5.41, 5.74) is 0.980. The van der Waals surface area contributed by atoms with Gasteiger partial charge in [-0.3, -0.25) is 0 Å². The molecule has 1 aromatic heterocycles. The summed E-state index contributed by atoms with van der Waals surface area (Å²) in [5, 5.41) is 11.5. The first-order valence-corrected chi connectivity index (χ1v) is 3.61. The minimum Gasteiger partial charge on any atom is -0.395 e. The summed E-state index contributed by atoms with van der Waals surface area (Å²) in [6.07, 6.45) is 0. The number of aromatic nitrogens is 1. The Hall–Kier alpha value is -1.09. The molecule has 0 aromatic carbocycles. The highest BCUT2D eigenvalue weighted by Gasteiger charge is 1.90. The van der Waals surface area contributed by atoms with Crippen LogP contribution >= 0.6 is 0 Å². The summed E-state index contributed by atoms with van der Waals surface area (Å²) >= 11 is 0. The van der Waals surface area contributed by atoms with E-state index in [2.05, 4.69) is 10.3 Å². The molecule has 0 unspecified atom stereocenters. The van der Waals surface area contributed by atoms with Crippen molar-refractivity contribution in [1.82, 2.24) is 4.98 Å². The Morgan fingerprint density at radius 3 is 3.00 bits per heavy atom. The van der Waals surface area contributed by atoms with Crippen molar-refractivity contribution in [2.24, 2.45) is 0 Å². The maximum atomic E-state index is 8.51. The van der Waals surface area contributed by atoms with Gasteiger partial charge < -0.3 is 10.4 Å². The molecule has 0 saturated carbocycles. The zero-order chi connectivity index (χ0) is 8.10. The summed E-state index contributed by atoms with van der Waals surface area (Å²) in [6.45, 7) is 2.62. The molecule has 0 radical (unpaired) electrons. The van der Waals surface area contributed by atoms with E-state index in [-0.39, 0.29) is 6.61 Å². The number of nitrogens with one attached hydrogen (secondary N) is 1. The molecule has 0 saturated heterocycles. The third-order valence-electron chi connectivity index (χ3n) is 1.31. The third-order valence-corrected chi connectivity index (χ3v) is 1.31. The van der Waals surface area contributed by atoms with Crippen LogP contribution in [0.15, 0.2) is 18.2 Å². The molecule has 1 heterocycles. The highest BCUT2D eigenvalue weighted by atomic mass is 16.3. The molecule has 0 aliphatic heterocycles. The van der Waals surface area contributed by atoms with E-state index >= 15 is 0 Å². The van der Waals surface area contributed by atoms with Gasteiger partial charge in [-0.2, -0.15) is 0 Å². The molecule has 3 nitrogen and oxygen atoms in total. The lowest BCUT2D eigenvalue weighted by Gasteiger charge is -2.02. The summed E-state index contributed by atoms with van der Waals surface area (Å²) in [6, 6.07) is 5.74. The van der Waals surface area contributed by atoms with Crippen molar-refractivity contribution in [2.45, 2.75) is 6.92 Å². The Morgan fingerprint density at radius 2 is 2.36 bits per heavy atom. The smallest absolute Gasteiger partial charge is 0.126 e. The van der Waals surface area contributed by atoms with Gasteiger partial charge in [0.2, 0.25) is 0 Å². The number of hydrogen-bond acceptors (Lipinski definition) is 3. The average molecular weight is 152 g/mol. The molecule has 0 atom stereocenters. The van der Waals surface area contributed by atoms with Crippen molar-refractivity contribution in [3.8, 4) is 0 Å². The van der Waals surface area contributed by atoms with Crippen molar-refractivity contribution in [3.63, 3.8) is 0 Å². The van der Waals surface area contributed by atoms with Gasteiger partial charge in [0.05, 0.1) is 6.61 Å². The van der Waals surface area contributed by atoms with Crippen LogP contribution in [0.4, 0.5) is 5.82 Å². The van der Waals surface area contributed by atoms with Gasteiger partial charge in [0.15, 0.2) is 0 Å². The molecule has 0 fully saturated rings. The zero-order valence-corrected chi connectivity index (χ0v) is 6.54. The van der Waals surface area contributed by atoms with Crippen LogP contribution in [-0.4, -0.2) is 23.2 Å². The summed E-state index contributed by atoms with van der Waals surface area (Å²) in [5.74, 6) is 0.819. The van der Waals surface area contributed by atoms with Gasteiger partial charge >= 0.3 is 0 Å². The monoisotopic (exact) mass is 152 g/mol. The fraction of sp³-hybridized carbons (Fsp3) is 0.375. The zero-order valence-electron chi connectivity index (χ0n) is 6.54. The minimum atomic E-state index is 0.135. The Labute approximate surface area is 66.1 Å². The summed E-state index contributed by atoms with van der Waals surface area (Å²) in [4.78, 5) is 4.19. The third kappa shape index (κ3) is 2.55. The number of rotatable bonds is 3. The highest BCUT2D eigenvalue weighted by Crippen LogP contribution is 2.02. The van der Waals surface area contributed by atoms with Gasteiger partial charge in [-0.1, -0.05) is 6.07 Å². The Kier molecular flexibility index (Phi) is 2.86. The van der Waals surface area contributed by atoms with Crippen molar-refractivity contribution >= 4 is 5.82 Å².